The van der Waals surface area contributed by atoms with E-state index in [-0.39, 0.29) is 0 Å². The summed E-state index contributed by atoms with van der Waals surface area (Å²) in [6.07, 6.45) is 0. The summed E-state index contributed by atoms with van der Waals surface area (Å²) in [5.41, 5.74) is 15.7. The fraction of sp³-hybridized carbons (Fsp3) is 0.0769. The van der Waals surface area contributed by atoms with Crippen molar-refractivity contribution in [2.45, 2.75) is 6.92 Å². The Morgan fingerprint density at radius 2 is 1.76 bits per heavy atom. The van der Waals surface area contributed by atoms with E-state index in [1.165, 1.54) is 5.56 Å². The Hall–Kier alpha value is -1.68. The van der Waals surface area contributed by atoms with Crippen LogP contribution >= 0.6 is 15.9 Å². The van der Waals surface area contributed by atoms with E-state index in [9.17, 15) is 0 Å². The molecule has 0 amide bonds. The molecule has 0 unspecified atom stereocenters. The predicted molar refractivity (Wildman–Crippen MR) is 77.4 cm³/mol. The molecule has 0 aliphatic rings. The average Bonchev–Trinajstić information content (AvgIpc) is 2.29. The van der Waals surface area contributed by atoms with Crippen molar-refractivity contribution in [2.75, 3.05) is 16.8 Å². The van der Waals surface area contributed by atoms with E-state index in [4.69, 9.17) is 11.5 Å². The first-order chi connectivity index (χ1) is 8.06. The van der Waals surface area contributed by atoms with Gasteiger partial charge in [-0.1, -0.05) is 6.07 Å². The topological polar surface area (TPSA) is 64.1 Å². The molecule has 0 aliphatic heterocycles. The molecule has 2 rings (SSSR count). The van der Waals surface area contributed by atoms with Gasteiger partial charge in [0.2, 0.25) is 0 Å². The minimum absolute atomic E-state index is 0.582. The number of hydrogen-bond donors (Lipinski definition) is 3. The van der Waals surface area contributed by atoms with Crippen LogP contribution in [0, 0.1) is 6.92 Å². The number of nitrogens with two attached hydrogens (primary N) is 2. The number of nitrogen functional groups attached to an aromatic ring is 2. The number of nitrogens with one attached hydrogen (secondary N) is 1. The molecule has 0 fully saturated rings. The fourth-order valence-corrected chi connectivity index (χ4v) is 1.89. The van der Waals surface area contributed by atoms with E-state index >= 15 is 0 Å². The van der Waals surface area contributed by atoms with Crippen LogP contribution in [0.3, 0.4) is 0 Å². The standard InChI is InChI=1S/C13H14BrN3/c1-8-2-4-10(14)13(6-8)17-9-3-5-11(15)12(16)7-9/h2-7,17H,15-16H2,1H3. The third-order valence-electron chi connectivity index (χ3n) is 2.49. The predicted octanol–water partition coefficient (Wildman–Crippen LogP) is 3.67. The molecule has 0 heterocycles. The molecule has 88 valence electrons. The molecule has 0 bridgehead atoms. The number of rotatable bonds is 2. The van der Waals surface area contributed by atoms with Gasteiger partial charge in [-0.3, -0.25) is 0 Å². The number of anilines is 4. The minimum atomic E-state index is 0.582. The first-order valence-corrected chi connectivity index (χ1v) is 6.04. The summed E-state index contributed by atoms with van der Waals surface area (Å²) in [6.45, 7) is 2.05. The number of benzene rings is 2. The molecule has 3 nitrogen and oxygen atoms in total. The number of halogens is 1. The van der Waals surface area contributed by atoms with E-state index in [1.807, 2.05) is 24.3 Å². The quantitative estimate of drug-likeness (QED) is 0.740. The highest BCUT2D eigenvalue weighted by molar-refractivity contribution is 9.10. The van der Waals surface area contributed by atoms with Crippen LogP contribution in [0.15, 0.2) is 40.9 Å². The fourth-order valence-electron chi connectivity index (χ4n) is 1.54. The molecule has 0 aromatic heterocycles. The molecule has 0 spiro atoms. The molecule has 0 atom stereocenters. The summed E-state index contributed by atoms with van der Waals surface area (Å²) in [5, 5.41) is 3.30. The van der Waals surface area contributed by atoms with E-state index in [1.54, 1.807) is 6.07 Å². The summed E-state index contributed by atoms with van der Waals surface area (Å²) < 4.78 is 1.01. The van der Waals surface area contributed by atoms with Crippen molar-refractivity contribution in [1.82, 2.24) is 0 Å². The second-order valence-corrected chi connectivity index (χ2v) is 4.81. The van der Waals surface area contributed by atoms with Crippen LogP contribution < -0.4 is 16.8 Å². The molecule has 2 aromatic rings. The van der Waals surface area contributed by atoms with Crippen LogP contribution in [0.5, 0.6) is 0 Å². The van der Waals surface area contributed by atoms with Crippen molar-refractivity contribution in [3.8, 4) is 0 Å². The van der Waals surface area contributed by atoms with E-state index < -0.39 is 0 Å². The molecule has 2 aromatic carbocycles. The van der Waals surface area contributed by atoms with Crippen LogP contribution in [0.4, 0.5) is 22.7 Å². The van der Waals surface area contributed by atoms with Crippen molar-refractivity contribution < 1.29 is 0 Å². The van der Waals surface area contributed by atoms with E-state index in [0.717, 1.165) is 15.8 Å². The summed E-state index contributed by atoms with van der Waals surface area (Å²) in [6, 6.07) is 11.6. The van der Waals surface area contributed by atoms with Crippen LogP contribution in [-0.2, 0) is 0 Å². The Labute approximate surface area is 109 Å². The third kappa shape index (κ3) is 2.71. The lowest BCUT2D eigenvalue weighted by molar-refractivity contribution is 1.43. The van der Waals surface area contributed by atoms with Gasteiger partial charge in [0.25, 0.3) is 0 Å². The molecular formula is C13H14BrN3. The Morgan fingerprint density at radius 3 is 2.47 bits per heavy atom. The Balaban J connectivity index is 2.31. The zero-order chi connectivity index (χ0) is 12.4. The van der Waals surface area contributed by atoms with Gasteiger partial charge in [0, 0.05) is 10.2 Å². The van der Waals surface area contributed by atoms with Gasteiger partial charge in [0.1, 0.15) is 0 Å². The van der Waals surface area contributed by atoms with Crippen molar-refractivity contribution in [1.29, 1.82) is 0 Å². The smallest absolute Gasteiger partial charge is 0.0568 e. The highest BCUT2D eigenvalue weighted by Crippen LogP contribution is 2.28. The Morgan fingerprint density at radius 1 is 1.00 bits per heavy atom. The van der Waals surface area contributed by atoms with Gasteiger partial charge in [-0.15, -0.1) is 0 Å². The second-order valence-electron chi connectivity index (χ2n) is 3.95. The maximum absolute atomic E-state index is 5.77. The van der Waals surface area contributed by atoms with Crippen LogP contribution in [-0.4, -0.2) is 0 Å². The highest BCUT2D eigenvalue weighted by Gasteiger charge is 2.02. The molecule has 17 heavy (non-hydrogen) atoms. The minimum Gasteiger partial charge on any atom is -0.397 e. The molecule has 4 heteroatoms. The van der Waals surface area contributed by atoms with Crippen LogP contribution in [0.1, 0.15) is 5.56 Å². The Bertz CT molecular complexity index is 552. The molecular weight excluding hydrogens is 278 g/mol. The lowest BCUT2D eigenvalue weighted by atomic mass is 10.2. The van der Waals surface area contributed by atoms with Gasteiger partial charge in [0.15, 0.2) is 0 Å². The number of aryl methyl sites for hydroxylation is 1. The Kier molecular flexibility index (Phi) is 3.24. The normalized spacial score (nSPS) is 10.2. The maximum Gasteiger partial charge on any atom is 0.0568 e. The molecule has 0 aliphatic carbocycles. The molecule has 0 saturated heterocycles. The zero-order valence-electron chi connectivity index (χ0n) is 9.50. The summed E-state index contributed by atoms with van der Waals surface area (Å²) in [5.74, 6) is 0. The molecule has 5 N–H and O–H groups in total. The molecule has 0 radical (unpaired) electrons. The van der Waals surface area contributed by atoms with Crippen molar-refractivity contribution in [2.24, 2.45) is 0 Å². The van der Waals surface area contributed by atoms with Gasteiger partial charge in [-0.25, -0.2) is 0 Å². The summed E-state index contributed by atoms with van der Waals surface area (Å²) >= 11 is 3.50. The van der Waals surface area contributed by atoms with Gasteiger partial charge < -0.3 is 16.8 Å². The van der Waals surface area contributed by atoms with Crippen LogP contribution in [0.25, 0.3) is 0 Å². The third-order valence-corrected chi connectivity index (χ3v) is 3.18. The van der Waals surface area contributed by atoms with Gasteiger partial charge in [-0.2, -0.15) is 0 Å². The SMILES string of the molecule is Cc1ccc(Br)c(Nc2ccc(N)c(N)c2)c1. The second kappa shape index (κ2) is 4.67. The van der Waals surface area contributed by atoms with Crippen LogP contribution in [0.2, 0.25) is 0 Å². The zero-order valence-corrected chi connectivity index (χ0v) is 11.1. The summed E-state index contributed by atoms with van der Waals surface area (Å²) in [7, 11) is 0. The first kappa shape index (κ1) is 11.8. The van der Waals surface area contributed by atoms with Crippen molar-refractivity contribution in [3.05, 3.63) is 46.4 Å². The average molecular weight is 292 g/mol. The van der Waals surface area contributed by atoms with Gasteiger partial charge >= 0.3 is 0 Å². The van der Waals surface area contributed by atoms with Gasteiger partial charge in [0.05, 0.1) is 17.1 Å². The van der Waals surface area contributed by atoms with Crippen molar-refractivity contribution >= 4 is 38.7 Å². The van der Waals surface area contributed by atoms with E-state index in [0.29, 0.717) is 11.4 Å². The van der Waals surface area contributed by atoms with Crippen molar-refractivity contribution in [3.63, 3.8) is 0 Å². The van der Waals surface area contributed by atoms with Gasteiger partial charge in [-0.05, 0) is 58.7 Å². The monoisotopic (exact) mass is 291 g/mol. The first-order valence-electron chi connectivity index (χ1n) is 5.24. The van der Waals surface area contributed by atoms with E-state index in [2.05, 4.69) is 34.2 Å². The lowest BCUT2D eigenvalue weighted by Gasteiger charge is -2.11. The summed E-state index contributed by atoms with van der Waals surface area (Å²) in [4.78, 5) is 0. The lowest BCUT2D eigenvalue weighted by Crippen LogP contribution is -1.97. The molecule has 0 saturated carbocycles. The largest absolute Gasteiger partial charge is 0.397 e. The number of hydrogen-bond acceptors (Lipinski definition) is 3. The highest BCUT2D eigenvalue weighted by atomic mass is 79.9. The maximum atomic E-state index is 5.77.